The van der Waals surface area contributed by atoms with E-state index in [9.17, 15) is 17.2 Å². The SMILES string of the molecule is CC(NS(=O)(=O)c1cc(CN)cc(F)c1F)c1ccsc1. The summed E-state index contributed by atoms with van der Waals surface area (Å²) in [6.45, 7) is 1.54. The highest BCUT2D eigenvalue weighted by atomic mass is 32.2. The number of rotatable bonds is 5. The molecule has 0 fully saturated rings. The number of benzene rings is 1. The van der Waals surface area contributed by atoms with Gasteiger partial charge >= 0.3 is 0 Å². The number of nitrogens with two attached hydrogens (primary N) is 1. The van der Waals surface area contributed by atoms with Gasteiger partial charge < -0.3 is 5.73 Å². The first-order valence-corrected chi connectivity index (χ1v) is 8.50. The molecule has 1 unspecified atom stereocenters. The Kier molecular flexibility index (Phi) is 4.72. The van der Waals surface area contributed by atoms with Gasteiger partial charge in [0.2, 0.25) is 10.0 Å². The van der Waals surface area contributed by atoms with Crippen LogP contribution in [0.3, 0.4) is 0 Å². The van der Waals surface area contributed by atoms with Gasteiger partial charge in [-0.25, -0.2) is 21.9 Å². The molecule has 8 heteroatoms. The number of hydrogen-bond donors (Lipinski definition) is 2. The van der Waals surface area contributed by atoms with Crippen LogP contribution in [0.5, 0.6) is 0 Å². The summed E-state index contributed by atoms with van der Waals surface area (Å²) in [5.74, 6) is -2.64. The van der Waals surface area contributed by atoms with Gasteiger partial charge in [-0.15, -0.1) is 0 Å². The topological polar surface area (TPSA) is 72.2 Å². The summed E-state index contributed by atoms with van der Waals surface area (Å²) in [4.78, 5) is -0.731. The quantitative estimate of drug-likeness (QED) is 0.884. The molecule has 0 spiro atoms. The number of thiophene rings is 1. The minimum atomic E-state index is -4.19. The number of halogens is 2. The van der Waals surface area contributed by atoms with Crippen molar-refractivity contribution in [2.75, 3.05) is 0 Å². The number of hydrogen-bond acceptors (Lipinski definition) is 4. The van der Waals surface area contributed by atoms with Gasteiger partial charge in [-0.2, -0.15) is 11.3 Å². The van der Waals surface area contributed by atoms with Crippen molar-refractivity contribution >= 4 is 21.4 Å². The maximum Gasteiger partial charge on any atom is 0.244 e. The molecule has 0 bridgehead atoms. The van der Waals surface area contributed by atoms with Crippen LogP contribution < -0.4 is 10.5 Å². The first-order chi connectivity index (χ1) is 9.85. The Morgan fingerprint density at radius 1 is 1.38 bits per heavy atom. The lowest BCUT2D eigenvalue weighted by molar-refractivity contribution is 0.480. The van der Waals surface area contributed by atoms with E-state index in [4.69, 9.17) is 5.73 Å². The van der Waals surface area contributed by atoms with E-state index in [1.165, 1.54) is 11.3 Å². The van der Waals surface area contributed by atoms with Gasteiger partial charge in [0, 0.05) is 12.6 Å². The molecule has 1 atom stereocenters. The van der Waals surface area contributed by atoms with Crippen LogP contribution >= 0.6 is 11.3 Å². The van der Waals surface area contributed by atoms with E-state index >= 15 is 0 Å². The molecule has 0 saturated heterocycles. The zero-order valence-corrected chi connectivity index (χ0v) is 12.8. The van der Waals surface area contributed by atoms with Crippen LogP contribution in [0.25, 0.3) is 0 Å². The Labute approximate surface area is 125 Å². The molecule has 0 saturated carbocycles. The molecule has 1 heterocycles. The average molecular weight is 332 g/mol. The molecule has 114 valence electrons. The monoisotopic (exact) mass is 332 g/mol. The Morgan fingerprint density at radius 2 is 2.10 bits per heavy atom. The van der Waals surface area contributed by atoms with Crippen molar-refractivity contribution in [1.82, 2.24) is 4.72 Å². The smallest absolute Gasteiger partial charge is 0.244 e. The second-order valence-electron chi connectivity index (χ2n) is 4.49. The minimum Gasteiger partial charge on any atom is -0.326 e. The lowest BCUT2D eigenvalue weighted by Crippen LogP contribution is -2.28. The lowest BCUT2D eigenvalue weighted by Gasteiger charge is -2.14. The van der Waals surface area contributed by atoms with Gasteiger partial charge in [0.1, 0.15) is 4.90 Å². The Morgan fingerprint density at radius 3 is 2.67 bits per heavy atom. The fourth-order valence-corrected chi connectivity index (χ4v) is 3.94. The molecule has 0 radical (unpaired) electrons. The van der Waals surface area contributed by atoms with Crippen LogP contribution in [0, 0.1) is 11.6 Å². The largest absolute Gasteiger partial charge is 0.326 e. The van der Waals surface area contributed by atoms with Crippen LogP contribution in [-0.4, -0.2) is 8.42 Å². The van der Waals surface area contributed by atoms with Gasteiger partial charge in [0.05, 0.1) is 0 Å². The highest BCUT2D eigenvalue weighted by Crippen LogP contribution is 2.23. The second-order valence-corrected chi connectivity index (χ2v) is 6.96. The lowest BCUT2D eigenvalue weighted by atomic mass is 10.2. The van der Waals surface area contributed by atoms with E-state index < -0.39 is 32.6 Å². The molecule has 1 aromatic carbocycles. The van der Waals surface area contributed by atoms with Gasteiger partial charge in [-0.1, -0.05) is 0 Å². The zero-order chi connectivity index (χ0) is 15.6. The summed E-state index contributed by atoms with van der Waals surface area (Å²) in [6, 6.07) is 3.13. The average Bonchev–Trinajstić information content (AvgIpc) is 2.95. The van der Waals surface area contributed by atoms with Crippen LogP contribution in [0.4, 0.5) is 8.78 Å². The van der Waals surface area contributed by atoms with E-state index in [0.29, 0.717) is 0 Å². The van der Waals surface area contributed by atoms with E-state index in [-0.39, 0.29) is 12.1 Å². The molecule has 0 aliphatic rings. The molecule has 4 nitrogen and oxygen atoms in total. The maximum absolute atomic E-state index is 13.8. The molecule has 1 aromatic heterocycles. The fraction of sp³-hybridized carbons (Fsp3) is 0.231. The zero-order valence-electron chi connectivity index (χ0n) is 11.1. The predicted molar refractivity (Wildman–Crippen MR) is 77.3 cm³/mol. The van der Waals surface area contributed by atoms with Crippen LogP contribution in [0.15, 0.2) is 33.9 Å². The van der Waals surface area contributed by atoms with E-state index in [1.807, 2.05) is 0 Å². The van der Waals surface area contributed by atoms with Gasteiger partial charge in [0.15, 0.2) is 11.6 Å². The molecule has 0 amide bonds. The summed E-state index contributed by atoms with van der Waals surface area (Å²) < 4.78 is 54.0. The second kappa shape index (κ2) is 6.18. The van der Waals surface area contributed by atoms with E-state index in [2.05, 4.69) is 4.72 Å². The Balaban J connectivity index is 2.38. The molecular weight excluding hydrogens is 318 g/mol. The number of nitrogens with one attached hydrogen (secondary N) is 1. The van der Waals surface area contributed by atoms with Crippen molar-refractivity contribution in [1.29, 1.82) is 0 Å². The molecule has 0 aliphatic carbocycles. The summed E-state index contributed by atoms with van der Waals surface area (Å²) >= 11 is 1.42. The molecule has 2 aromatic rings. The molecule has 3 N–H and O–H groups in total. The summed E-state index contributed by atoms with van der Waals surface area (Å²) in [6.07, 6.45) is 0. The van der Waals surface area contributed by atoms with Crippen molar-refractivity contribution < 1.29 is 17.2 Å². The normalized spacial score (nSPS) is 13.3. The Bertz CT molecular complexity index is 731. The summed E-state index contributed by atoms with van der Waals surface area (Å²) in [5.41, 5.74) is 6.31. The third-order valence-electron chi connectivity index (χ3n) is 2.95. The predicted octanol–water partition coefficient (Wildman–Crippen LogP) is 2.52. The Hall–Kier alpha value is -1.35. The maximum atomic E-state index is 13.8. The minimum absolute atomic E-state index is 0.0835. The van der Waals surface area contributed by atoms with Crippen molar-refractivity contribution in [3.05, 3.63) is 51.7 Å². The van der Waals surface area contributed by atoms with Crippen molar-refractivity contribution in [3.8, 4) is 0 Å². The van der Waals surface area contributed by atoms with Crippen LogP contribution in [-0.2, 0) is 16.6 Å². The van der Waals surface area contributed by atoms with Crippen molar-refractivity contribution in [3.63, 3.8) is 0 Å². The molecule has 0 aliphatic heterocycles. The standard InChI is InChI=1S/C13H14F2N2O2S2/c1-8(10-2-3-20-7-10)17-21(18,19)12-5-9(6-16)4-11(14)13(12)15/h2-5,7-8,17H,6,16H2,1H3. The third kappa shape index (κ3) is 3.46. The number of sulfonamides is 1. The van der Waals surface area contributed by atoms with Crippen molar-refractivity contribution in [2.24, 2.45) is 5.73 Å². The third-order valence-corrected chi connectivity index (χ3v) is 5.20. The summed E-state index contributed by atoms with van der Waals surface area (Å²) in [5, 5.41) is 3.58. The van der Waals surface area contributed by atoms with Gasteiger partial charge in [-0.05, 0) is 47.0 Å². The van der Waals surface area contributed by atoms with E-state index in [0.717, 1.165) is 17.7 Å². The molecule has 21 heavy (non-hydrogen) atoms. The van der Waals surface area contributed by atoms with Gasteiger partial charge in [0.25, 0.3) is 0 Å². The van der Waals surface area contributed by atoms with Crippen molar-refractivity contribution in [2.45, 2.75) is 24.4 Å². The summed E-state index contributed by atoms with van der Waals surface area (Å²) in [7, 11) is -4.19. The van der Waals surface area contributed by atoms with Gasteiger partial charge in [-0.3, -0.25) is 0 Å². The van der Waals surface area contributed by atoms with E-state index in [1.54, 1.807) is 23.8 Å². The first-order valence-electron chi connectivity index (χ1n) is 6.07. The first kappa shape index (κ1) is 16.0. The van der Waals surface area contributed by atoms with Crippen LogP contribution in [0.1, 0.15) is 24.1 Å². The molecular formula is C13H14F2N2O2S2. The van der Waals surface area contributed by atoms with Crippen LogP contribution in [0.2, 0.25) is 0 Å². The highest BCUT2D eigenvalue weighted by molar-refractivity contribution is 7.89. The molecule has 2 rings (SSSR count). The highest BCUT2D eigenvalue weighted by Gasteiger charge is 2.25. The fourth-order valence-electron chi connectivity index (χ4n) is 1.82.